The van der Waals surface area contributed by atoms with E-state index in [1.165, 1.54) is 24.5 Å². The smallest absolute Gasteiger partial charge is 0.306 e. The highest BCUT2D eigenvalue weighted by atomic mass is 32.2. The molecule has 136 valence electrons. The molecule has 0 amide bonds. The van der Waals surface area contributed by atoms with Crippen molar-refractivity contribution in [2.24, 2.45) is 0 Å². The van der Waals surface area contributed by atoms with E-state index in [0.29, 0.717) is 17.5 Å². The van der Waals surface area contributed by atoms with E-state index < -0.39 is 21.3 Å². The van der Waals surface area contributed by atoms with Crippen LogP contribution in [-0.4, -0.2) is 24.8 Å². The Balaban J connectivity index is 2.43. The van der Waals surface area contributed by atoms with E-state index in [-0.39, 0.29) is 22.5 Å². The Labute approximate surface area is 150 Å². The molecule has 8 heteroatoms. The van der Waals surface area contributed by atoms with Gasteiger partial charge in [-0.25, -0.2) is 0 Å². The first-order valence-corrected chi connectivity index (χ1v) is 9.75. The lowest BCUT2D eigenvalue weighted by atomic mass is 10.0. The lowest BCUT2D eigenvalue weighted by Gasteiger charge is -2.12. The molecule has 0 aliphatic heterocycles. The molecule has 1 aromatic carbocycles. The van der Waals surface area contributed by atoms with E-state index in [1.54, 1.807) is 12.1 Å². The Morgan fingerprint density at radius 3 is 2.50 bits per heavy atom. The van der Waals surface area contributed by atoms with Crippen molar-refractivity contribution < 1.29 is 22.1 Å². The van der Waals surface area contributed by atoms with Crippen LogP contribution in [0, 0.1) is 0 Å². The third kappa shape index (κ3) is 3.41. The summed E-state index contributed by atoms with van der Waals surface area (Å²) in [6.07, 6.45) is 5.04. The maximum absolute atomic E-state index is 12.9. The number of fused-ring (bicyclic) bond motifs is 1. The molecule has 3 aromatic rings. The molecule has 2 heterocycles. The topological polar surface area (TPSA) is 107 Å². The highest BCUT2D eigenvalue weighted by Gasteiger charge is 2.23. The molecular weight excluding hydrogens is 358 g/mol. The minimum Gasteiger partial charge on any atom is -0.508 e. The van der Waals surface area contributed by atoms with E-state index in [4.69, 9.17) is 8.60 Å². The van der Waals surface area contributed by atoms with Crippen LogP contribution < -0.4 is 9.61 Å². The van der Waals surface area contributed by atoms with Crippen LogP contribution in [-0.2, 0) is 16.5 Å². The lowest BCUT2D eigenvalue weighted by molar-refractivity contribution is 0.462. The molecule has 0 saturated carbocycles. The molecular formula is C18H17NO6S. The van der Waals surface area contributed by atoms with Gasteiger partial charge in [-0.2, -0.15) is 8.42 Å². The van der Waals surface area contributed by atoms with Crippen LogP contribution in [0.1, 0.15) is 18.9 Å². The zero-order valence-corrected chi connectivity index (χ0v) is 15.0. The Bertz CT molecular complexity index is 1120. The van der Waals surface area contributed by atoms with Crippen molar-refractivity contribution in [1.82, 2.24) is 4.98 Å². The first-order chi connectivity index (χ1) is 12.3. The van der Waals surface area contributed by atoms with Crippen LogP contribution in [0.15, 0.2) is 45.9 Å². The van der Waals surface area contributed by atoms with Gasteiger partial charge in [-0.05, 0) is 30.7 Å². The van der Waals surface area contributed by atoms with Gasteiger partial charge in [0, 0.05) is 23.5 Å². The average Bonchev–Trinajstić information content (AvgIpc) is 2.59. The summed E-state index contributed by atoms with van der Waals surface area (Å²) in [5.74, 6) is -0.433. The Morgan fingerprint density at radius 1 is 1.19 bits per heavy atom. The average molecular weight is 375 g/mol. The predicted octanol–water partition coefficient (Wildman–Crippen LogP) is 2.85. The fraction of sp³-hybridized carbons (Fsp3) is 0.222. The number of pyridine rings is 1. The van der Waals surface area contributed by atoms with Crippen molar-refractivity contribution in [2.75, 3.05) is 6.26 Å². The Morgan fingerprint density at radius 2 is 1.88 bits per heavy atom. The Kier molecular flexibility index (Phi) is 4.69. The van der Waals surface area contributed by atoms with Crippen LogP contribution in [0.4, 0.5) is 0 Å². The number of aromatic hydroxyl groups is 1. The molecule has 26 heavy (non-hydrogen) atoms. The van der Waals surface area contributed by atoms with Crippen molar-refractivity contribution in [2.45, 2.75) is 19.8 Å². The maximum atomic E-state index is 12.9. The SMILES string of the molecule is CCCc1c(O)ccc2c(=O)c(OS(C)(=O)=O)c(-c3ccncc3)oc12. The molecule has 0 spiro atoms. The van der Waals surface area contributed by atoms with E-state index in [2.05, 4.69) is 4.98 Å². The number of phenolic OH excluding ortho intramolecular Hbond substituents is 1. The minimum absolute atomic E-state index is 0.0139. The van der Waals surface area contributed by atoms with Gasteiger partial charge in [0.05, 0.1) is 11.6 Å². The van der Waals surface area contributed by atoms with Crippen LogP contribution in [0.3, 0.4) is 0 Å². The third-order valence-corrected chi connectivity index (χ3v) is 4.24. The second-order valence-corrected chi connectivity index (χ2v) is 7.38. The van der Waals surface area contributed by atoms with Gasteiger partial charge in [-0.1, -0.05) is 13.3 Å². The number of aryl methyl sites for hydroxylation is 1. The fourth-order valence-corrected chi connectivity index (χ4v) is 3.15. The van der Waals surface area contributed by atoms with Crippen molar-refractivity contribution in [3.63, 3.8) is 0 Å². The molecule has 2 aromatic heterocycles. The lowest BCUT2D eigenvalue weighted by Crippen LogP contribution is -2.15. The number of nitrogens with zero attached hydrogens (tertiary/aromatic N) is 1. The first kappa shape index (κ1) is 17.9. The summed E-state index contributed by atoms with van der Waals surface area (Å²) in [6.45, 7) is 1.93. The van der Waals surface area contributed by atoms with Crippen molar-refractivity contribution >= 4 is 21.1 Å². The third-order valence-electron chi connectivity index (χ3n) is 3.77. The maximum Gasteiger partial charge on any atom is 0.306 e. The number of aromatic nitrogens is 1. The van der Waals surface area contributed by atoms with E-state index >= 15 is 0 Å². The summed E-state index contributed by atoms with van der Waals surface area (Å²) in [5.41, 5.74) is 0.511. The van der Waals surface area contributed by atoms with Gasteiger partial charge in [0.25, 0.3) is 0 Å². The standard InChI is InChI=1S/C18H17NO6S/c1-3-4-12-14(20)6-5-13-15(21)18(25-26(2,22)23)16(24-17(12)13)11-7-9-19-10-8-11/h5-10,20H,3-4H2,1-2H3. The minimum atomic E-state index is -3.95. The predicted molar refractivity (Wildman–Crippen MR) is 96.8 cm³/mol. The number of phenols is 1. The van der Waals surface area contributed by atoms with Gasteiger partial charge in [0.15, 0.2) is 5.76 Å². The van der Waals surface area contributed by atoms with Gasteiger partial charge in [-0.15, -0.1) is 0 Å². The fourth-order valence-electron chi connectivity index (χ4n) is 2.70. The normalized spacial score (nSPS) is 11.6. The van der Waals surface area contributed by atoms with Gasteiger partial charge < -0.3 is 13.7 Å². The molecule has 0 aliphatic carbocycles. The number of benzene rings is 1. The quantitative estimate of drug-likeness (QED) is 0.683. The van der Waals surface area contributed by atoms with Gasteiger partial charge in [0.1, 0.15) is 11.3 Å². The Hall–Kier alpha value is -2.87. The number of hydrogen-bond acceptors (Lipinski definition) is 7. The highest BCUT2D eigenvalue weighted by Crippen LogP contribution is 2.35. The number of hydrogen-bond donors (Lipinski definition) is 1. The van der Waals surface area contributed by atoms with Gasteiger partial charge in [-0.3, -0.25) is 9.78 Å². The van der Waals surface area contributed by atoms with Crippen molar-refractivity contribution in [1.29, 1.82) is 0 Å². The molecule has 0 aliphatic rings. The summed E-state index contributed by atoms with van der Waals surface area (Å²) >= 11 is 0. The summed E-state index contributed by atoms with van der Waals surface area (Å²) in [4.78, 5) is 16.8. The second kappa shape index (κ2) is 6.80. The molecule has 0 radical (unpaired) electrons. The zero-order valence-electron chi connectivity index (χ0n) is 14.2. The largest absolute Gasteiger partial charge is 0.508 e. The van der Waals surface area contributed by atoms with Gasteiger partial charge in [0.2, 0.25) is 11.2 Å². The second-order valence-electron chi connectivity index (χ2n) is 5.80. The summed E-state index contributed by atoms with van der Waals surface area (Å²) in [5, 5.41) is 10.3. The van der Waals surface area contributed by atoms with Crippen molar-refractivity contribution in [3.8, 4) is 22.8 Å². The highest BCUT2D eigenvalue weighted by molar-refractivity contribution is 7.86. The molecule has 7 nitrogen and oxygen atoms in total. The molecule has 3 rings (SSSR count). The first-order valence-electron chi connectivity index (χ1n) is 7.93. The molecule has 0 atom stereocenters. The van der Waals surface area contributed by atoms with E-state index in [9.17, 15) is 18.3 Å². The van der Waals surface area contributed by atoms with E-state index in [0.717, 1.165) is 12.7 Å². The summed E-state index contributed by atoms with van der Waals surface area (Å²) < 4.78 is 34.1. The molecule has 1 N–H and O–H groups in total. The van der Waals surface area contributed by atoms with Gasteiger partial charge >= 0.3 is 10.1 Å². The monoisotopic (exact) mass is 375 g/mol. The van der Waals surface area contributed by atoms with Crippen molar-refractivity contribution in [3.05, 3.63) is 52.4 Å². The van der Waals surface area contributed by atoms with Crippen LogP contribution in [0.2, 0.25) is 0 Å². The summed E-state index contributed by atoms with van der Waals surface area (Å²) in [6, 6.07) is 5.92. The molecule has 0 saturated heterocycles. The van der Waals surface area contributed by atoms with Crippen LogP contribution >= 0.6 is 0 Å². The van der Waals surface area contributed by atoms with Crippen LogP contribution in [0.5, 0.6) is 11.5 Å². The van der Waals surface area contributed by atoms with Crippen LogP contribution in [0.25, 0.3) is 22.3 Å². The summed E-state index contributed by atoms with van der Waals surface area (Å²) in [7, 11) is -3.95. The molecule has 0 bridgehead atoms. The molecule has 0 fully saturated rings. The van der Waals surface area contributed by atoms with E-state index in [1.807, 2.05) is 6.92 Å². The zero-order chi connectivity index (χ0) is 18.9. The molecule has 0 unspecified atom stereocenters. The number of rotatable bonds is 5.